The van der Waals surface area contributed by atoms with Crippen LogP contribution in [0.4, 0.5) is 0 Å². The van der Waals surface area contributed by atoms with E-state index in [1.54, 1.807) is 0 Å². The molecule has 0 aliphatic carbocycles. The van der Waals surface area contributed by atoms with E-state index < -0.39 is 0 Å². The van der Waals surface area contributed by atoms with Gasteiger partial charge in [0.05, 0.1) is 16.6 Å². The molecule has 0 fully saturated rings. The Balaban J connectivity index is 3.80. The van der Waals surface area contributed by atoms with Crippen LogP contribution in [0.2, 0.25) is 0 Å². The normalized spacial score (nSPS) is 10.7. The molecule has 0 aromatic rings. The standard InChI is InChI=1S/C5H9OS/c1-5(2,3)4-7-6/h1-3H3. The van der Waals surface area contributed by atoms with E-state index in [2.05, 4.69) is 5.37 Å². The van der Waals surface area contributed by atoms with E-state index >= 15 is 0 Å². The number of hydrogen-bond donors (Lipinski definition) is 0. The second kappa shape index (κ2) is 2.26. The van der Waals surface area contributed by atoms with Gasteiger partial charge in [-0.3, -0.25) is 0 Å². The molecule has 0 spiro atoms. The van der Waals surface area contributed by atoms with Crippen molar-refractivity contribution < 1.29 is 4.21 Å². The zero-order valence-electron chi connectivity index (χ0n) is 4.82. The van der Waals surface area contributed by atoms with E-state index in [0.717, 1.165) is 0 Å². The Morgan fingerprint density at radius 2 is 1.86 bits per heavy atom. The maximum absolute atomic E-state index is 9.75. The third-order valence-corrected chi connectivity index (χ3v) is 1.04. The fourth-order valence-corrected chi connectivity index (χ4v) is 0.375. The van der Waals surface area contributed by atoms with Gasteiger partial charge in [0, 0.05) is 5.41 Å². The Hall–Kier alpha value is -0.110. The molecule has 0 aromatic heterocycles. The molecule has 0 aliphatic rings. The van der Waals surface area contributed by atoms with Gasteiger partial charge in [0.1, 0.15) is 0 Å². The van der Waals surface area contributed by atoms with Gasteiger partial charge in [-0.2, -0.15) is 0 Å². The highest BCUT2D eigenvalue weighted by Gasteiger charge is 2.04. The molecule has 0 aromatic carbocycles. The minimum atomic E-state index is -0.0492. The fourth-order valence-electron chi connectivity index (χ4n) is 0.125. The van der Waals surface area contributed by atoms with Gasteiger partial charge in [-0.1, -0.05) is 20.8 Å². The van der Waals surface area contributed by atoms with Gasteiger partial charge in [-0.15, -0.1) is 0 Å². The first-order valence-corrected chi connectivity index (χ1v) is 2.86. The van der Waals surface area contributed by atoms with Gasteiger partial charge in [0.25, 0.3) is 0 Å². The Bertz CT molecular complexity index is 95.1. The van der Waals surface area contributed by atoms with Crippen LogP contribution in [-0.4, -0.2) is 9.58 Å². The van der Waals surface area contributed by atoms with Crippen LogP contribution >= 0.6 is 0 Å². The Kier molecular flexibility index (Phi) is 2.23. The topological polar surface area (TPSA) is 17.1 Å². The third-order valence-electron chi connectivity index (χ3n) is 0.348. The highest BCUT2D eigenvalue weighted by Crippen LogP contribution is 2.06. The van der Waals surface area contributed by atoms with Gasteiger partial charge in [0.2, 0.25) is 0 Å². The molecule has 0 saturated carbocycles. The average molecular weight is 117 g/mol. The summed E-state index contributed by atoms with van der Waals surface area (Å²) in [4.78, 5) is 0. The SMILES string of the molecule is CC(C)(C)[C]=S=O. The van der Waals surface area contributed by atoms with Gasteiger partial charge >= 0.3 is 0 Å². The lowest BCUT2D eigenvalue weighted by Gasteiger charge is -2.05. The van der Waals surface area contributed by atoms with E-state index in [1.165, 1.54) is 0 Å². The molecular weight excluding hydrogens is 108 g/mol. The summed E-state index contributed by atoms with van der Waals surface area (Å²) in [6.45, 7) is 5.83. The summed E-state index contributed by atoms with van der Waals surface area (Å²) in [7, 11) is 0. The van der Waals surface area contributed by atoms with Crippen molar-refractivity contribution >= 4 is 16.6 Å². The summed E-state index contributed by atoms with van der Waals surface area (Å²) in [6, 6.07) is 0. The summed E-state index contributed by atoms with van der Waals surface area (Å²) in [5.41, 5.74) is -0.0492. The maximum atomic E-state index is 9.75. The largest absolute Gasteiger partial charge is 0.212 e. The van der Waals surface area contributed by atoms with Crippen LogP contribution in [0.15, 0.2) is 0 Å². The lowest BCUT2D eigenvalue weighted by Crippen LogP contribution is -2.04. The molecule has 1 nitrogen and oxygen atoms in total. The average Bonchev–Trinajstić information content (AvgIpc) is 1.30. The fraction of sp³-hybridized carbons (Fsp3) is 0.800. The van der Waals surface area contributed by atoms with Gasteiger partial charge in [-0.05, 0) is 0 Å². The molecule has 0 aliphatic heterocycles. The molecule has 0 heterocycles. The van der Waals surface area contributed by atoms with Gasteiger partial charge < -0.3 is 0 Å². The van der Waals surface area contributed by atoms with Crippen molar-refractivity contribution in [2.45, 2.75) is 20.8 Å². The van der Waals surface area contributed by atoms with E-state index in [-0.39, 0.29) is 5.41 Å². The second-order valence-electron chi connectivity index (χ2n) is 2.44. The molecule has 0 unspecified atom stereocenters. The van der Waals surface area contributed by atoms with Gasteiger partial charge in [-0.25, -0.2) is 4.21 Å². The van der Waals surface area contributed by atoms with Crippen molar-refractivity contribution in [1.29, 1.82) is 0 Å². The molecule has 0 saturated heterocycles. The summed E-state index contributed by atoms with van der Waals surface area (Å²) in [5.74, 6) is 0. The zero-order chi connectivity index (χ0) is 5.91. The van der Waals surface area contributed by atoms with Crippen molar-refractivity contribution in [3.8, 4) is 0 Å². The van der Waals surface area contributed by atoms with Crippen molar-refractivity contribution in [2.75, 3.05) is 0 Å². The van der Waals surface area contributed by atoms with Crippen molar-refractivity contribution in [2.24, 2.45) is 5.41 Å². The van der Waals surface area contributed by atoms with Crippen molar-refractivity contribution in [3.05, 3.63) is 0 Å². The minimum absolute atomic E-state index is 0.0492. The van der Waals surface area contributed by atoms with Crippen LogP contribution in [0.3, 0.4) is 0 Å². The highest BCUT2D eigenvalue weighted by atomic mass is 32.1. The number of rotatable bonds is 0. The van der Waals surface area contributed by atoms with Gasteiger partial charge in [0.15, 0.2) is 0 Å². The molecular formula is C5H9OS. The summed E-state index contributed by atoms with van der Waals surface area (Å²) < 4.78 is 9.75. The number of hydrogen-bond acceptors (Lipinski definition) is 1. The molecule has 41 valence electrons. The molecule has 0 rings (SSSR count). The molecule has 2 heteroatoms. The third kappa shape index (κ3) is 5.89. The summed E-state index contributed by atoms with van der Waals surface area (Å²) >= 11 is 0.409. The smallest absolute Gasteiger partial charge is 0.0938 e. The monoisotopic (exact) mass is 117 g/mol. The van der Waals surface area contributed by atoms with Crippen LogP contribution in [0, 0.1) is 5.41 Å². The first-order valence-electron chi connectivity index (χ1n) is 2.12. The molecule has 1 radical (unpaired) electrons. The summed E-state index contributed by atoms with van der Waals surface area (Å²) in [5, 5.41) is 2.65. The van der Waals surface area contributed by atoms with Crippen LogP contribution in [0.25, 0.3) is 0 Å². The van der Waals surface area contributed by atoms with E-state index in [1.807, 2.05) is 20.8 Å². The first kappa shape index (κ1) is 6.89. The summed E-state index contributed by atoms with van der Waals surface area (Å²) in [6.07, 6.45) is 0. The van der Waals surface area contributed by atoms with Crippen molar-refractivity contribution in [1.82, 2.24) is 0 Å². The lowest BCUT2D eigenvalue weighted by atomic mass is 10.0. The van der Waals surface area contributed by atoms with Crippen LogP contribution in [-0.2, 0) is 11.3 Å². The first-order chi connectivity index (χ1) is 3.06. The van der Waals surface area contributed by atoms with Crippen LogP contribution in [0.5, 0.6) is 0 Å². The highest BCUT2D eigenvalue weighted by molar-refractivity contribution is 7.64. The quantitative estimate of drug-likeness (QED) is 0.431. The minimum Gasteiger partial charge on any atom is -0.212 e. The predicted molar refractivity (Wildman–Crippen MR) is 32.6 cm³/mol. The lowest BCUT2D eigenvalue weighted by molar-refractivity contribution is 0.613. The molecule has 7 heavy (non-hydrogen) atoms. The maximum Gasteiger partial charge on any atom is 0.0938 e. The van der Waals surface area contributed by atoms with Crippen LogP contribution < -0.4 is 0 Å². The van der Waals surface area contributed by atoms with E-state index in [4.69, 9.17) is 0 Å². The molecule has 0 N–H and O–H groups in total. The Morgan fingerprint density at radius 1 is 1.43 bits per heavy atom. The van der Waals surface area contributed by atoms with E-state index in [9.17, 15) is 4.21 Å². The second-order valence-corrected chi connectivity index (χ2v) is 2.81. The molecule has 0 amide bonds. The van der Waals surface area contributed by atoms with Crippen LogP contribution in [0.1, 0.15) is 20.8 Å². The molecule has 0 atom stereocenters. The predicted octanol–water partition coefficient (Wildman–Crippen LogP) is 0.925. The van der Waals surface area contributed by atoms with E-state index in [0.29, 0.717) is 11.3 Å². The Labute approximate surface area is 47.8 Å². The zero-order valence-corrected chi connectivity index (χ0v) is 5.63. The van der Waals surface area contributed by atoms with Crippen molar-refractivity contribution in [3.63, 3.8) is 0 Å². The Morgan fingerprint density at radius 3 is 1.86 bits per heavy atom. The molecule has 0 bridgehead atoms.